The minimum absolute atomic E-state index is 0. The van der Waals surface area contributed by atoms with E-state index in [-0.39, 0.29) is 24.2 Å². The van der Waals surface area contributed by atoms with Crippen molar-refractivity contribution in [2.24, 2.45) is 0 Å². The standard InChI is InChI=1S/C19H23N3O2.ClH/c1-3-22(4-2)19(24)15-11-9-14(10-12-15)13-21-18(23)16-7-5-6-8-17(16)20;/h5-12H,3-4,13,20H2,1-2H3,(H,21,23);1H. The number of carbonyl (C=O) groups is 2. The number of nitrogens with two attached hydrogens (primary N) is 1. The van der Waals surface area contributed by atoms with E-state index in [1.54, 1.807) is 41.3 Å². The average Bonchev–Trinajstić information content (AvgIpc) is 2.61. The molecule has 3 N–H and O–H groups in total. The Bertz CT molecular complexity index is 713. The normalized spacial score (nSPS) is 9.84. The highest BCUT2D eigenvalue weighted by atomic mass is 35.5. The Morgan fingerprint density at radius 3 is 2.16 bits per heavy atom. The van der Waals surface area contributed by atoms with E-state index in [0.29, 0.717) is 36.4 Å². The summed E-state index contributed by atoms with van der Waals surface area (Å²) in [6.07, 6.45) is 0. The number of benzene rings is 2. The summed E-state index contributed by atoms with van der Waals surface area (Å²) in [5.41, 5.74) is 8.29. The van der Waals surface area contributed by atoms with Crippen molar-refractivity contribution in [1.82, 2.24) is 10.2 Å². The topological polar surface area (TPSA) is 75.4 Å². The minimum atomic E-state index is -0.212. The smallest absolute Gasteiger partial charge is 0.253 e. The maximum absolute atomic E-state index is 12.2. The highest BCUT2D eigenvalue weighted by molar-refractivity contribution is 5.99. The Balaban J connectivity index is 0.00000312. The number of rotatable bonds is 6. The van der Waals surface area contributed by atoms with Crippen molar-refractivity contribution in [3.63, 3.8) is 0 Å². The van der Waals surface area contributed by atoms with Gasteiger partial charge in [0.15, 0.2) is 0 Å². The molecule has 0 radical (unpaired) electrons. The number of hydrogen-bond donors (Lipinski definition) is 2. The third-order valence-corrected chi connectivity index (χ3v) is 3.91. The molecule has 0 saturated heterocycles. The second-order valence-corrected chi connectivity index (χ2v) is 5.44. The lowest BCUT2D eigenvalue weighted by molar-refractivity contribution is 0.0772. The molecular weight excluding hydrogens is 338 g/mol. The molecule has 0 atom stereocenters. The summed E-state index contributed by atoms with van der Waals surface area (Å²) >= 11 is 0. The van der Waals surface area contributed by atoms with Crippen molar-refractivity contribution < 1.29 is 9.59 Å². The molecule has 6 heteroatoms. The Morgan fingerprint density at radius 1 is 1.00 bits per heavy atom. The first-order valence-corrected chi connectivity index (χ1v) is 8.07. The number of carbonyl (C=O) groups excluding carboxylic acids is 2. The summed E-state index contributed by atoms with van der Waals surface area (Å²) in [5, 5.41) is 2.84. The first-order valence-electron chi connectivity index (χ1n) is 8.07. The second kappa shape index (κ2) is 9.69. The Labute approximate surface area is 154 Å². The molecule has 0 aromatic heterocycles. The number of amides is 2. The average molecular weight is 362 g/mol. The molecule has 0 bridgehead atoms. The first kappa shape index (κ1) is 20.5. The van der Waals surface area contributed by atoms with Gasteiger partial charge in [-0.2, -0.15) is 0 Å². The highest BCUT2D eigenvalue weighted by Gasteiger charge is 2.12. The summed E-state index contributed by atoms with van der Waals surface area (Å²) in [4.78, 5) is 26.2. The summed E-state index contributed by atoms with van der Waals surface area (Å²) in [6.45, 7) is 5.67. The van der Waals surface area contributed by atoms with Crippen LogP contribution in [0.2, 0.25) is 0 Å². The van der Waals surface area contributed by atoms with Crippen LogP contribution in [0.15, 0.2) is 48.5 Å². The Morgan fingerprint density at radius 2 is 1.60 bits per heavy atom. The molecule has 5 nitrogen and oxygen atoms in total. The van der Waals surface area contributed by atoms with Gasteiger partial charge in [0.1, 0.15) is 0 Å². The highest BCUT2D eigenvalue weighted by Crippen LogP contribution is 2.11. The minimum Gasteiger partial charge on any atom is -0.398 e. The van der Waals surface area contributed by atoms with Gasteiger partial charge >= 0.3 is 0 Å². The fourth-order valence-electron chi connectivity index (χ4n) is 2.44. The zero-order valence-corrected chi connectivity index (χ0v) is 15.3. The van der Waals surface area contributed by atoms with Crippen molar-refractivity contribution in [3.8, 4) is 0 Å². The first-order chi connectivity index (χ1) is 11.6. The van der Waals surface area contributed by atoms with E-state index in [2.05, 4.69) is 5.32 Å². The predicted molar refractivity (Wildman–Crippen MR) is 103 cm³/mol. The fourth-order valence-corrected chi connectivity index (χ4v) is 2.44. The molecule has 2 rings (SSSR count). The molecule has 2 aromatic carbocycles. The molecule has 0 fully saturated rings. The van der Waals surface area contributed by atoms with Crippen LogP contribution < -0.4 is 11.1 Å². The number of nitrogen functional groups attached to an aromatic ring is 1. The lowest BCUT2D eigenvalue weighted by Gasteiger charge is -2.18. The monoisotopic (exact) mass is 361 g/mol. The number of hydrogen-bond acceptors (Lipinski definition) is 3. The van der Waals surface area contributed by atoms with Gasteiger partial charge < -0.3 is 16.0 Å². The SMILES string of the molecule is CCN(CC)C(=O)c1ccc(CNC(=O)c2ccccc2N)cc1.Cl. The van der Waals surface area contributed by atoms with Crippen LogP contribution >= 0.6 is 12.4 Å². The lowest BCUT2D eigenvalue weighted by atomic mass is 10.1. The summed E-state index contributed by atoms with van der Waals surface area (Å²) in [7, 11) is 0. The predicted octanol–water partition coefficient (Wildman–Crippen LogP) is 3.10. The van der Waals surface area contributed by atoms with Crippen LogP contribution in [0.5, 0.6) is 0 Å². The Hall–Kier alpha value is -2.53. The van der Waals surface area contributed by atoms with Crippen LogP contribution in [0.3, 0.4) is 0 Å². The molecule has 0 spiro atoms. The molecule has 2 aromatic rings. The number of anilines is 1. The number of nitrogens with zero attached hydrogens (tertiary/aromatic N) is 1. The molecule has 0 saturated carbocycles. The second-order valence-electron chi connectivity index (χ2n) is 5.44. The van der Waals surface area contributed by atoms with Gasteiger partial charge in [-0.25, -0.2) is 0 Å². The maximum atomic E-state index is 12.2. The van der Waals surface area contributed by atoms with Gasteiger partial charge in [-0.05, 0) is 43.7 Å². The number of nitrogens with one attached hydrogen (secondary N) is 1. The lowest BCUT2D eigenvalue weighted by Crippen LogP contribution is -2.30. The zero-order chi connectivity index (χ0) is 17.5. The fraction of sp³-hybridized carbons (Fsp3) is 0.263. The van der Waals surface area contributed by atoms with Crippen molar-refractivity contribution in [2.45, 2.75) is 20.4 Å². The maximum Gasteiger partial charge on any atom is 0.253 e. The van der Waals surface area contributed by atoms with Gasteiger partial charge in [-0.3, -0.25) is 9.59 Å². The van der Waals surface area contributed by atoms with E-state index in [9.17, 15) is 9.59 Å². The molecule has 0 aliphatic rings. The van der Waals surface area contributed by atoms with E-state index in [0.717, 1.165) is 5.56 Å². The van der Waals surface area contributed by atoms with Gasteiger partial charge in [0.05, 0.1) is 5.56 Å². The van der Waals surface area contributed by atoms with Gasteiger partial charge in [0.2, 0.25) is 0 Å². The van der Waals surface area contributed by atoms with E-state index >= 15 is 0 Å². The van der Waals surface area contributed by atoms with Crippen molar-refractivity contribution in [2.75, 3.05) is 18.8 Å². The van der Waals surface area contributed by atoms with Crippen LogP contribution in [0.1, 0.15) is 40.1 Å². The van der Waals surface area contributed by atoms with Gasteiger partial charge in [0, 0.05) is 30.9 Å². The molecule has 0 unspecified atom stereocenters. The third kappa shape index (κ3) is 5.22. The van der Waals surface area contributed by atoms with Crippen molar-refractivity contribution >= 4 is 29.9 Å². The molecule has 0 aliphatic heterocycles. The molecule has 2 amide bonds. The molecule has 0 heterocycles. The molecule has 0 aliphatic carbocycles. The van der Waals surface area contributed by atoms with E-state index in [1.807, 2.05) is 26.0 Å². The number of para-hydroxylation sites is 1. The van der Waals surface area contributed by atoms with E-state index in [1.165, 1.54) is 0 Å². The van der Waals surface area contributed by atoms with Crippen LogP contribution in [0.25, 0.3) is 0 Å². The van der Waals surface area contributed by atoms with Gasteiger partial charge in [-0.15, -0.1) is 12.4 Å². The number of halogens is 1. The van der Waals surface area contributed by atoms with Crippen LogP contribution in [0, 0.1) is 0 Å². The van der Waals surface area contributed by atoms with E-state index in [4.69, 9.17) is 5.73 Å². The van der Waals surface area contributed by atoms with E-state index < -0.39 is 0 Å². The summed E-state index contributed by atoms with van der Waals surface area (Å²) in [6, 6.07) is 14.2. The zero-order valence-electron chi connectivity index (χ0n) is 14.5. The molecular formula is C19H24ClN3O2. The van der Waals surface area contributed by atoms with Crippen LogP contribution in [-0.2, 0) is 6.54 Å². The van der Waals surface area contributed by atoms with Crippen LogP contribution in [0.4, 0.5) is 5.69 Å². The third-order valence-electron chi connectivity index (χ3n) is 3.91. The van der Waals surface area contributed by atoms with Crippen molar-refractivity contribution in [3.05, 3.63) is 65.2 Å². The molecule has 25 heavy (non-hydrogen) atoms. The Kier molecular flexibility index (Phi) is 7.95. The van der Waals surface area contributed by atoms with Crippen LogP contribution in [-0.4, -0.2) is 29.8 Å². The van der Waals surface area contributed by atoms with Crippen molar-refractivity contribution in [1.29, 1.82) is 0 Å². The summed E-state index contributed by atoms with van der Waals surface area (Å²) < 4.78 is 0. The quantitative estimate of drug-likeness (QED) is 0.776. The van der Waals surface area contributed by atoms with Gasteiger partial charge in [-0.1, -0.05) is 24.3 Å². The summed E-state index contributed by atoms with van der Waals surface area (Å²) in [5.74, 6) is -0.191. The molecule has 134 valence electrons. The van der Waals surface area contributed by atoms with Gasteiger partial charge in [0.25, 0.3) is 11.8 Å². The largest absolute Gasteiger partial charge is 0.398 e.